The van der Waals surface area contributed by atoms with Crippen LogP contribution in [0.1, 0.15) is 29.5 Å². The van der Waals surface area contributed by atoms with Crippen molar-refractivity contribution in [3.05, 3.63) is 53.3 Å². The highest BCUT2D eigenvalue weighted by Gasteiger charge is 2.27. The predicted octanol–water partition coefficient (Wildman–Crippen LogP) is 3.22. The van der Waals surface area contributed by atoms with Gasteiger partial charge in [-0.1, -0.05) is 36.0 Å². The minimum absolute atomic E-state index is 0.675. The smallest absolute Gasteiger partial charge is 0.187 e. The molecular weight excluding hydrogens is 328 g/mol. The topological polar surface area (TPSA) is 32.3 Å². The molecule has 2 aliphatic rings. The lowest BCUT2D eigenvalue weighted by Crippen LogP contribution is -2.49. The van der Waals surface area contributed by atoms with E-state index < -0.39 is 0 Å². The van der Waals surface area contributed by atoms with Gasteiger partial charge >= 0.3 is 0 Å². The second-order valence-electron chi connectivity index (χ2n) is 7.10. The molecule has 5 heteroatoms. The molecule has 2 aliphatic heterocycles. The summed E-state index contributed by atoms with van der Waals surface area (Å²) in [5.41, 5.74) is 4.28. The number of fused-ring (bicyclic) bond motifs is 1. The van der Waals surface area contributed by atoms with Gasteiger partial charge in [-0.2, -0.15) is 0 Å². The van der Waals surface area contributed by atoms with Crippen molar-refractivity contribution >= 4 is 11.8 Å². The van der Waals surface area contributed by atoms with Crippen molar-refractivity contribution in [3.63, 3.8) is 0 Å². The summed E-state index contributed by atoms with van der Waals surface area (Å²) in [5, 5.41) is 0.854. The van der Waals surface area contributed by atoms with Gasteiger partial charge in [-0.05, 0) is 43.2 Å². The number of hydrogen-bond acceptors (Lipinski definition) is 5. The highest BCUT2D eigenvalue weighted by atomic mass is 32.2. The average molecular weight is 355 g/mol. The molecule has 25 heavy (non-hydrogen) atoms. The molecule has 3 heterocycles. The Hall–Kier alpha value is -1.43. The van der Waals surface area contributed by atoms with Crippen LogP contribution >= 0.6 is 11.8 Å². The summed E-state index contributed by atoms with van der Waals surface area (Å²) in [7, 11) is 0. The number of likely N-dealkylation sites (tertiary alicyclic amines) is 1. The van der Waals surface area contributed by atoms with Crippen molar-refractivity contribution < 1.29 is 0 Å². The zero-order valence-corrected chi connectivity index (χ0v) is 15.7. The first-order chi connectivity index (χ1) is 12.3. The number of benzene rings is 1. The van der Waals surface area contributed by atoms with E-state index in [1.165, 1.54) is 49.0 Å². The lowest BCUT2D eigenvalue weighted by molar-refractivity contribution is 0.0837. The van der Waals surface area contributed by atoms with E-state index in [-0.39, 0.29) is 0 Å². The van der Waals surface area contributed by atoms with Crippen LogP contribution in [-0.2, 0) is 19.5 Å². The maximum absolute atomic E-state index is 4.41. The number of piperidine rings is 1. The molecule has 132 valence electrons. The fourth-order valence-electron chi connectivity index (χ4n) is 4.09. The number of aromatic nitrogens is 2. The van der Waals surface area contributed by atoms with Crippen LogP contribution in [0.4, 0.5) is 0 Å². The highest BCUT2D eigenvalue weighted by Crippen LogP contribution is 2.25. The van der Waals surface area contributed by atoms with Crippen molar-refractivity contribution in [2.75, 3.05) is 25.9 Å². The SMILES string of the molecule is CSc1ncc(CN2CCCC(N3CCc4ccccc4C3)C2)cn1. The van der Waals surface area contributed by atoms with Crippen molar-refractivity contribution in [3.8, 4) is 0 Å². The number of thioether (sulfide) groups is 1. The molecule has 0 radical (unpaired) electrons. The molecule has 0 saturated carbocycles. The minimum Gasteiger partial charge on any atom is -0.297 e. The summed E-state index contributed by atoms with van der Waals surface area (Å²) in [6, 6.07) is 9.60. The summed E-state index contributed by atoms with van der Waals surface area (Å²) >= 11 is 1.59. The van der Waals surface area contributed by atoms with Crippen LogP contribution in [0, 0.1) is 0 Å². The summed E-state index contributed by atoms with van der Waals surface area (Å²) in [5.74, 6) is 0. The van der Waals surface area contributed by atoms with Gasteiger partial charge in [0.15, 0.2) is 5.16 Å². The van der Waals surface area contributed by atoms with E-state index in [0.29, 0.717) is 6.04 Å². The molecule has 0 bridgehead atoms. The molecule has 1 aromatic heterocycles. The van der Waals surface area contributed by atoms with Crippen LogP contribution in [0.2, 0.25) is 0 Å². The van der Waals surface area contributed by atoms with Crippen LogP contribution in [0.15, 0.2) is 41.8 Å². The molecule has 2 aromatic rings. The molecule has 1 aromatic carbocycles. The molecule has 1 fully saturated rings. The first kappa shape index (κ1) is 17.0. The molecule has 1 saturated heterocycles. The van der Waals surface area contributed by atoms with Crippen LogP contribution < -0.4 is 0 Å². The van der Waals surface area contributed by atoms with Crippen LogP contribution in [0.5, 0.6) is 0 Å². The predicted molar refractivity (Wildman–Crippen MR) is 103 cm³/mol. The Balaban J connectivity index is 1.38. The maximum atomic E-state index is 4.41. The second kappa shape index (κ2) is 7.85. The Morgan fingerprint density at radius 1 is 1.12 bits per heavy atom. The number of hydrogen-bond donors (Lipinski definition) is 0. The normalized spacial score (nSPS) is 21.9. The van der Waals surface area contributed by atoms with Crippen molar-refractivity contribution in [2.24, 2.45) is 0 Å². The van der Waals surface area contributed by atoms with Crippen molar-refractivity contribution in [2.45, 2.75) is 43.6 Å². The standard InChI is InChI=1S/C20H26N4S/c1-25-20-21-11-16(12-22-20)13-23-9-4-7-19(15-23)24-10-8-17-5-2-3-6-18(17)14-24/h2-3,5-6,11-12,19H,4,7-10,13-15H2,1H3. The summed E-state index contributed by atoms with van der Waals surface area (Å²) in [6.07, 6.45) is 9.78. The van der Waals surface area contributed by atoms with E-state index in [9.17, 15) is 0 Å². The Kier molecular flexibility index (Phi) is 5.34. The van der Waals surface area contributed by atoms with E-state index in [2.05, 4.69) is 44.0 Å². The van der Waals surface area contributed by atoms with Gasteiger partial charge < -0.3 is 0 Å². The Morgan fingerprint density at radius 3 is 2.72 bits per heavy atom. The van der Waals surface area contributed by atoms with E-state index in [4.69, 9.17) is 0 Å². The zero-order chi connectivity index (χ0) is 17.1. The Morgan fingerprint density at radius 2 is 1.92 bits per heavy atom. The maximum Gasteiger partial charge on any atom is 0.187 e. The van der Waals surface area contributed by atoms with Gasteiger partial charge in [0.2, 0.25) is 0 Å². The van der Waals surface area contributed by atoms with E-state index in [1.54, 1.807) is 11.8 Å². The van der Waals surface area contributed by atoms with Crippen LogP contribution in [0.3, 0.4) is 0 Å². The molecule has 0 aliphatic carbocycles. The third-order valence-corrected chi connectivity index (χ3v) is 6.00. The fourth-order valence-corrected chi connectivity index (χ4v) is 4.41. The largest absolute Gasteiger partial charge is 0.297 e. The van der Waals surface area contributed by atoms with E-state index in [1.807, 2.05) is 18.6 Å². The molecule has 0 spiro atoms. The molecule has 1 atom stereocenters. The van der Waals surface area contributed by atoms with Gasteiger partial charge in [0.1, 0.15) is 0 Å². The van der Waals surface area contributed by atoms with E-state index >= 15 is 0 Å². The first-order valence-corrected chi connectivity index (χ1v) is 10.4. The lowest BCUT2D eigenvalue weighted by Gasteiger charge is -2.41. The molecule has 4 rings (SSSR count). The van der Waals surface area contributed by atoms with Gasteiger partial charge in [-0.15, -0.1) is 0 Å². The quantitative estimate of drug-likeness (QED) is 0.622. The molecule has 0 N–H and O–H groups in total. The highest BCUT2D eigenvalue weighted by molar-refractivity contribution is 7.98. The zero-order valence-electron chi connectivity index (χ0n) is 14.9. The third kappa shape index (κ3) is 4.05. The summed E-state index contributed by atoms with van der Waals surface area (Å²) in [4.78, 5) is 14.1. The van der Waals surface area contributed by atoms with Gasteiger partial charge in [-0.25, -0.2) is 9.97 Å². The minimum atomic E-state index is 0.675. The number of nitrogens with zero attached hydrogens (tertiary/aromatic N) is 4. The van der Waals surface area contributed by atoms with E-state index in [0.717, 1.165) is 24.8 Å². The summed E-state index contributed by atoms with van der Waals surface area (Å²) < 4.78 is 0. The molecule has 4 nitrogen and oxygen atoms in total. The molecule has 0 amide bonds. The average Bonchev–Trinajstić information content (AvgIpc) is 2.68. The Bertz CT molecular complexity index is 703. The summed E-state index contributed by atoms with van der Waals surface area (Å²) in [6.45, 7) is 5.62. The van der Waals surface area contributed by atoms with Crippen LogP contribution in [0.25, 0.3) is 0 Å². The monoisotopic (exact) mass is 354 g/mol. The first-order valence-electron chi connectivity index (χ1n) is 9.20. The van der Waals surface area contributed by atoms with Crippen molar-refractivity contribution in [1.29, 1.82) is 0 Å². The Labute approximate surface area is 154 Å². The second-order valence-corrected chi connectivity index (χ2v) is 7.87. The molecule has 1 unspecified atom stereocenters. The van der Waals surface area contributed by atoms with Gasteiger partial charge in [0, 0.05) is 50.2 Å². The fraction of sp³-hybridized carbons (Fsp3) is 0.500. The number of rotatable bonds is 4. The van der Waals surface area contributed by atoms with Crippen LogP contribution in [-0.4, -0.2) is 51.7 Å². The van der Waals surface area contributed by atoms with Gasteiger partial charge in [0.25, 0.3) is 0 Å². The van der Waals surface area contributed by atoms with Gasteiger partial charge in [0.05, 0.1) is 0 Å². The molecular formula is C20H26N4S. The third-order valence-electron chi connectivity index (χ3n) is 5.43. The van der Waals surface area contributed by atoms with Gasteiger partial charge in [-0.3, -0.25) is 9.80 Å². The lowest BCUT2D eigenvalue weighted by atomic mass is 9.96. The van der Waals surface area contributed by atoms with Crippen molar-refractivity contribution in [1.82, 2.24) is 19.8 Å².